The van der Waals surface area contributed by atoms with Crippen molar-refractivity contribution in [1.82, 2.24) is 4.90 Å². The van der Waals surface area contributed by atoms with Crippen LogP contribution in [-0.4, -0.2) is 30.7 Å². The van der Waals surface area contributed by atoms with Crippen LogP contribution >= 0.6 is 11.6 Å². The van der Waals surface area contributed by atoms with Gasteiger partial charge in [0.15, 0.2) is 0 Å². The Labute approximate surface area is 110 Å². The number of ether oxygens (including phenoxy) is 1. The monoisotopic (exact) mass is 270 g/mol. The maximum atomic E-state index is 11.2. The largest absolute Gasteiger partial charge is 0.449 e. The van der Waals surface area contributed by atoms with Crippen LogP contribution in [0, 0.1) is 0 Å². The lowest BCUT2D eigenvalue weighted by molar-refractivity contribution is 0.117. The van der Waals surface area contributed by atoms with Gasteiger partial charge in [0.25, 0.3) is 0 Å². The topological polar surface area (TPSA) is 72.6 Å². The Morgan fingerprint density at radius 3 is 2.50 bits per heavy atom. The molecule has 2 N–H and O–H groups in total. The Balaban J connectivity index is 2.25. The summed E-state index contributed by atoms with van der Waals surface area (Å²) < 4.78 is 4.87. The lowest BCUT2D eigenvalue weighted by atomic mass is 10.1. The Kier molecular flexibility index (Phi) is 5.45. The normalized spacial score (nSPS) is 9.89. The third kappa shape index (κ3) is 4.63. The highest BCUT2D eigenvalue weighted by atomic mass is 35.5. The molecule has 3 amide bonds. The van der Waals surface area contributed by atoms with Crippen molar-refractivity contribution in [1.29, 1.82) is 0 Å². The van der Waals surface area contributed by atoms with E-state index >= 15 is 0 Å². The van der Waals surface area contributed by atoms with Crippen molar-refractivity contribution in [3.05, 3.63) is 34.9 Å². The summed E-state index contributed by atoms with van der Waals surface area (Å²) in [5, 5.41) is 0.688. The summed E-state index contributed by atoms with van der Waals surface area (Å²) >= 11 is 5.76. The number of carbonyl (C=O) groups is 2. The third-order valence-corrected chi connectivity index (χ3v) is 2.61. The van der Waals surface area contributed by atoms with Gasteiger partial charge in [0.1, 0.15) is 0 Å². The van der Waals surface area contributed by atoms with Crippen molar-refractivity contribution in [2.45, 2.75) is 12.8 Å². The third-order valence-electron chi connectivity index (χ3n) is 2.35. The van der Waals surface area contributed by atoms with Gasteiger partial charge < -0.3 is 10.5 Å². The summed E-state index contributed by atoms with van der Waals surface area (Å²) in [6, 6.07) is 6.62. The number of hydrogen-bond donors (Lipinski definition) is 1. The molecule has 0 spiro atoms. The van der Waals surface area contributed by atoms with Crippen molar-refractivity contribution in [3.8, 4) is 0 Å². The van der Waals surface area contributed by atoms with Crippen LogP contribution in [0.5, 0.6) is 0 Å². The molecule has 5 nitrogen and oxygen atoms in total. The molecule has 0 unspecified atom stereocenters. The van der Waals surface area contributed by atoms with Crippen molar-refractivity contribution in [2.24, 2.45) is 5.73 Å². The fourth-order valence-corrected chi connectivity index (χ4v) is 1.40. The van der Waals surface area contributed by atoms with E-state index in [9.17, 15) is 9.59 Å². The fraction of sp³-hybridized carbons (Fsp3) is 0.333. The number of halogens is 1. The zero-order valence-corrected chi connectivity index (χ0v) is 10.8. The van der Waals surface area contributed by atoms with E-state index in [2.05, 4.69) is 0 Å². The van der Waals surface area contributed by atoms with Gasteiger partial charge in [-0.05, 0) is 30.5 Å². The van der Waals surface area contributed by atoms with Crippen LogP contribution in [0.1, 0.15) is 12.0 Å². The zero-order valence-electron chi connectivity index (χ0n) is 10.1. The Morgan fingerprint density at radius 2 is 1.94 bits per heavy atom. The van der Waals surface area contributed by atoms with E-state index in [0.29, 0.717) is 11.4 Å². The molecule has 6 heteroatoms. The van der Waals surface area contributed by atoms with E-state index in [1.165, 1.54) is 7.05 Å². The molecule has 1 aromatic rings. The number of imide groups is 1. The molecule has 1 rings (SSSR count). The Bertz CT molecular complexity index is 420. The second-order valence-corrected chi connectivity index (χ2v) is 4.18. The first-order valence-electron chi connectivity index (χ1n) is 5.45. The molecule has 0 atom stereocenters. The van der Waals surface area contributed by atoms with Gasteiger partial charge in [0, 0.05) is 12.1 Å². The van der Waals surface area contributed by atoms with E-state index < -0.39 is 12.1 Å². The van der Waals surface area contributed by atoms with E-state index in [1.807, 2.05) is 24.3 Å². The second kappa shape index (κ2) is 6.86. The highest BCUT2D eigenvalue weighted by molar-refractivity contribution is 6.30. The number of nitrogens with two attached hydrogens (primary N) is 1. The van der Waals surface area contributed by atoms with Gasteiger partial charge in [-0.1, -0.05) is 23.7 Å². The molecule has 0 heterocycles. The van der Waals surface area contributed by atoms with Gasteiger partial charge in [0.05, 0.1) is 6.61 Å². The minimum absolute atomic E-state index is 0.235. The highest BCUT2D eigenvalue weighted by Gasteiger charge is 2.14. The molecular weight excluding hydrogens is 256 g/mol. The molecule has 98 valence electrons. The minimum Gasteiger partial charge on any atom is -0.449 e. The number of rotatable bonds is 4. The molecule has 0 bridgehead atoms. The van der Waals surface area contributed by atoms with Crippen LogP contribution in [0.25, 0.3) is 0 Å². The van der Waals surface area contributed by atoms with Crippen LogP contribution in [0.3, 0.4) is 0 Å². The molecule has 0 saturated carbocycles. The maximum Gasteiger partial charge on any atom is 0.417 e. The number of benzene rings is 1. The summed E-state index contributed by atoms with van der Waals surface area (Å²) in [6.07, 6.45) is 0.698. The SMILES string of the molecule is CN(C(N)=O)C(=O)OCCCc1ccc(Cl)cc1. The standard InChI is InChI=1S/C12H15ClN2O3/c1-15(11(14)16)12(17)18-8-2-3-9-4-6-10(13)7-5-9/h4-7H,2-3,8H2,1H3,(H2,14,16). The van der Waals surface area contributed by atoms with Crippen LogP contribution in [0.4, 0.5) is 9.59 Å². The first-order chi connectivity index (χ1) is 8.50. The molecule has 0 aliphatic heterocycles. The van der Waals surface area contributed by atoms with Crippen LogP contribution in [0.2, 0.25) is 5.02 Å². The molecule has 0 aromatic heterocycles. The first-order valence-corrected chi connectivity index (χ1v) is 5.83. The number of carbonyl (C=O) groups excluding carboxylic acids is 2. The number of aryl methyl sites for hydroxylation is 1. The van der Waals surface area contributed by atoms with Crippen LogP contribution < -0.4 is 5.73 Å². The summed E-state index contributed by atoms with van der Waals surface area (Å²) in [7, 11) is 1.27. The molecule has 0 aliphatic carbocycles. The van der Waals surface area contributed by atoms with Gasteiger partial charge in [0.2, 0.25) is 0 Å². The summed E-state index contributed by atoms with van der Waals surface area (Å²) in [5.74, 6) is 0. The number of hydrogen-bond acceptors (Lipinski definition) is 3. The summed E-state index contributed by atoms with van der Waals surface area (Å²) in [5.41, 5.74) is 6.03. The van der Waals surface area contributed by atoms with Gasteiger partial charge in [-0.15, -0.1) is 0 Å². The van der Waals surface area contributed by atoms with Crippen LogP contribution in [-0.2, 0) is 11.2 Å². The molecule has 0 radical (unpaired) electrons. The van der Waals surface area contributed by atoms with Crippen molar-refractivity contribution in [2.75, 3.05) is 13.7 Å². The quantitative estimate of drug-likeness (QED) is 0.854. The predicted molar refractivity (Wildman–Crippen MR) is 68.5 cm³/mol. The molecule has 18 heavy (non-hydrogen) atoms. The fourth-order valence-electron chi connectivity index (χ4n) is 1.27. The van der Waals surface area contributed by atoms with Gasteiger partial charge >= 0.3 is 12.1 Å². The second-order valence-electron chi connectivity index (χ2n) is 3.74. The lowest BCUT2D eigenvalue weighted by Gasteiger charge is -2.12. The molecule has 0 saturated heterocycles. The average Bonchev–Trinajstić information content (AvgIpc) is 2.35. The van der Waals surface area contributed by atoms with Crippen molar-refractivity contribution >= 4 is 23.7 Å². The summed E-state index contributed by atoms with van der Waals surface area (Å²) in [4.78, 5) is 22.6. The molecule has 1 aromatic carbocycles. The van der Waals surface area contributed by atoms with Crippen molar-refractivity contribution in [3.63, 3.8) is 0 Å². The molecule has 0 aliphatic rings. The van der Waals surface area contributed by atoms with Crippen molar-refractivity contribution < 1.29 is 14.3 Å². The summed E-state index contributed by atoms with van der Waals surface area (Å²) in [6.45, 7) is 0.235. The first kappa shape index (κ1) is 14.3. The zero-order chi connectivity index (χ0) is 13.5. The number of nitrogens with zero attached hydrogens (tertiary/aromatic N) is 1. The lowest BCUT2D eigenvalue weighted by Crippen LogP contribution is -2.37. The Hall–Kier alpha value is -1.75. The van der Waals surface area contributed by atoms with Crippen LogP contribution in [0.15, 0.2) is 24.3 Å². The van der Waals surface area contributed by atoms with Gasteiger partial charge in [-0.3, -0.25) is 0 Å². The highest BCUT2D eigenvalue weighted by Crippen LogP contribution is 2.10. The van der Waals surface area contributed by atoms with Gasteiger partial charge in [-0.25, -0.2) is 14.5 Å². The molecular formula is C12H15ClN2O3. The Morgan fingerprint density at radius 1 is 1.33 bits per heavy atom. The van der Waals surface area contributed by atoms with E-state index in [1.54, 1.807) is 0 Å². The minimum atomic E-state index is -0.835. The van der Waals surface area contributed by atoms with E-state index in [-0.39, 0.29) is 6.61 Å². The average molecular weight is 271 g/mol. The van der Waals surface area contributed by atoms with E-state index in [4.69, 9.17) is 22.1 Å². The molecule has 0 fully saturated rings. The van der Waals surface area contributed by atoms with E-state index in [0.717, 1.165) is 16.9 Å². The van der Waals surface area contributed by atoms with Gasteiger partial charge in [-0.2, -0.15) is 0 Å². The maximum absolute atomic E-state index is 11.2. The number of amides is 3. The number of urea groups is 1. The number of primary amides is 1. The predicted octanol–water partition coefficient (Wildman–Crippen LogP) is 2.42. The smallest absolute Gasteiger partial charge is 0.417 e.